The third-order valence-electron chi connectivity index (χ3n) is 13.1. The van der Waals surface area contributed by atoms with Gasteiger partial charge in [-0.1, -0.05) is 38.2 Å². The predicted octanol–water partition coefficient (Wildman–Crippen LogP) is 9.56. The lowest BCUT2D eigenvalue weighted by atomic mass is 9.68. The van der Waals surface area contributed by atoms with Crippen LogP contribution in [0, 0.1) is 17.5 Å². The number of aliphatic hydroxyl groups excluding tert-OH is 1. The lowest BCUT2D eigenvalue weighted by Crippen LogP contribution is -2.43. The Hall–Kier alpha value is -4.51. The molecule has 0 saturated carbocycles. The highest BCUT2D eigenvalue weighted by molar-refractivity contribution is 7.86. The molecule has 8 rings (SSSR count). The fourth-order valence-electron chi connectivity index (χ4n) is 9.62. The SMILES string of the molecule is CC1=c2cc3c(cc2-c2sccc2C1(C)CCCCCC(=O)O)=C(c1c(F)c(F)cc(F)c1S(=O)(=O)O)c1cc2c(cc1O3)N(C)C(C)(CCCCCC(O)O)c1ccsc1-2. The van der Waals surface area contributed by atoms with Gasteiger partial charge in [0.05, 0.1) is 5.54 Å². The molecular weight excluding hydrogens is 848 g/mol. The summed E-state index contributed by atoms with van der Waals surface area (Å²) in [4.78, 5) is 13.7. The van der Waals surface area contributed by atoms with Gasteiger partial charge in [-0.25, -0.2) is 13.2 Å². The van der Waals surface area contributed by atoms with Gasteiger partial charge in [-0.2, -0.15) is 8.42 Å². The number of fused-ring (bicyclic) bond motifs is 8. The van der Waals surface area contributed by atoms with Crippen molar-refractivity contribution in [3.05, 3.63) is 103 Å². The lowest BCUT2D eigenvalue weighted by Gasteiger charge is -2.46. The number of carbonyl (C=O) groups is 1. The molecule has 0 radical (unpaired) electrons. The molecule has 2 aliphatic heterocycles. The molecule has 0 spiro atoms. The average molecular weight is 894 g/mol. The summed E-state index contributed by atoms with van der Waals surface area (Å²) in [5.74, 6) is -5.39. The molecule has 9 nitrogen and oxygen atoms in total. The van der Waals surface area contributed by atoms with Crippen LogP contribution in [0.2, 0.25) is 0 Å². The van der Waals surface area contributed by atoms with E-state index < -0.39 is 61.2 Å². The normalized spacial score (nSPS) is 18.9. The number of hydrogen-bond acceptors (Lipinski definition) is 9. The first-order valence-electron chi connectivity index (χ1n) is 20.3. The number of ether oxygens (including phenoxy) is 1. The zero-order chi connectivity index (χ0) is 43.8. The van der Waals surface area contributed by atoms with Crippen LogP contribution in [0.1, 0.15) is 107 Å². The summed E-state index contributed by atoms with van der Waals surface area (Å²) < 4.78 is 90.9. The molecule has 15 heteroatoms. The minimum absolute atomic E-state index is 0.0920. The molecule has 4 heterocycles. The number of hydrogen-bond donors (Lipinski definition) is 4. The van der Waals surface area contributed by atoms with E-state index >= 15 is 13.2 Å². The van der Waals surface area contributed by atoms with E-state index in [1.807, 2.05) is 42.9 Å². The third kappa shape index (κ3) is 7.30. The number of carboxylic acid groups (broad SMARTS) is 1. The largest absolute Gasteiger partial charge is 0.481 e. The van der Waals surface area contributed by atoms with Crippen molar-refractivity contribution in [1.29, 1.82) is 0 Å². The van der Waals surface area contributed by atoms with E-state index in [0.29, 0.717) is 18.4 Å². The van der Waals surface area contributed by atoms with Gasteiger partial charge in [0.25, 0.3) is 10.1 Å². The molecule has 2 atom stereocenters. The number of carboxylic acids is 1. The van der Waals surface area contributed by atoms with E-state index in [4.69, 9.17) is 9.84 Å². The minimum Gasteiger partial charge on any atom is -0.481 e. The number of rotatable bonds is 14. The third-order valence-corrected chi connectivity index (χ3v) is 15.9. The highest BCUT2D eigenvalue weighted by Gasteiger charge is 2.42. The zero-order valence-electron chi connectivity index (χ0n) is 34.1. The maximum atomic E-state index is 16.5. The van der Waals surface area contributed by atoms with Gasteiger partial charge in [-0.15, -0.1) is 22.7 Å². The van der Waals surface area contributed by atoms with Crippen molar-refractivity contribution in [2.75, 3.05) is 11.9 Å². The predicted molar refractivity (Wildman–Crippen MR) is 231 cm³/mol. The standard InChI is InChI=1S/C46H46F3NO8S3/c1-24-25-21-35-28(19-26(25)42-30(13-17-59-42)45(24,2)15-9-5-7-11-37(51)52)39(40-41(49)32(47)22-33(48)44(40)61(55,56)57)29-20-27-34(23-36(29)58-35)50(4)46(3,31-14-18-60-43(27)31)16-10-6-8-12-38(53)54/h13-14,17-23,38,53-54H,5-12,15-16H2,1-4H3,(H,51,52)(H,55,56,57). The molecular formula is C46H46F3NO8S3. The Labute approximate surface area is 359 Å². The molecule has 322 valence electrons. The summed E-state index contributed by atoms with van der Waals surface area (Å²) >= 11 is 2.98. The molecule has 2 aromatic heterocycles. The first kappa shape index (κ1) is 43.2. The summed E-state index contributed by atoms with van der Waals surface area (Å²) in [6.45, 7) is 6.31. The van der Waals surface area contributed by atoms with Crippen LogP contribution >= 0.6 is 22.7 Å². The van der Waals surface area contributed by atoms with Gasteiger partial charge >= 0.3 is 5.97 Å². The highest BCUT2D eigenvalue weighted by atomic mass is 32.2. The van der Waals surface area contributed by atoms with Gasteiger partial charge in [0.15, 0.2) is 17.9 Å². The fourth-order valence-corrected chi connectivity index (χ4v) is 12.5. The van der Waals surface area contributed by atoms with Crippen molar-refractivity contribution >= 4 is 55.6 Å². The minimum atomic E-state index is -5.47. The molecule has 2 unspecified atom stereocenters. The van der Waals surface area contributed by atoms with Crippen LogP contribution in [0.4, 0.5) is 18.9 Å². The van der Waals surface area contributed by atoms with Crippen molar-refractivity contribution in [3.63, 3.8) is 0 Å². The number of aliphatic carboxylic acids is 1. The number of halogens is 3. The molecule has 0 saturated heterocycles. The maximum absolute atomic E-state index is 16.5. The van der Waals surface area contributed by atoms with Crippen molar-refractivity contribution in [1.82, 2.24) is 0 Å². The number of benzene rings is 3. The fraction of sp³-hybridized carbons (Fsp3) is 0.370. The summed E-state index contributed by atoms with van der Waals surface area (Å²) in [5.41, 5.74) is 3.38. The Bertz CT molecular complexity index is 2850. The molecule has 3 aromatic carbocycles. The number of aliphatic hydroxyl groups is 2. The molecule has 5 aromatic rings. The quantitative estimate of drug-likeness (QED) is 0.0364. The van der Waals surface area contributed by atoms with Gasteiger partial charge in [0.2, 0.25) is 0 Å². The van der Waals surface area contributed by atoms with Gasteiger partial charge in [-0.05, 0) is 103 Å². The van der Waals surface area contributed by atoms with Crippen molar-refractivity contribution in [2.24, 2.45) is 0 Å². The van der Waals surface area contributed by atoms with E-state index in [2.05, 4.69) is 18.7 Å². The van der Waals surface area contributed by atoms with E-state index in [1.54, 1.807) is 18.2 Å². The smallest absolute Gasteiger partial charge is 0.303 e. The van der Waals surface area contributed by atoms with Crippen LogP contribution in [0.15, 0.2) is 58.1 Å². The van der Waals surface area contributed by atoms with Gasteiger partial charge in [0.1, 0.15) is 22.2 Å². The average Bonchev–Trinajstić information content (AvgIpc) is 3.90. The van der Waals surface area contributed by atoms with Crippen LogP contribution < -0.4 is 20.1 Å². The van der Waals surface area contributed by atoms with E-state index in [0.717, 1.165) is 81.4 Å². The second-order valence-corrected chi connectivity index (χ2v) is 19.9. The van der Waals surface area contributed by atoms with Crippen molar-refractivity contribution < 1.29 is 51.0 Å². The first-order chi connectivity index (χ1) is 28.9. The molecule has 4 N–H and O–H groups in total. The second-order valence-electron chi connectivity index (χ2n) is 16.7. The molecule has 0 amide bonds. The lowest BCUT2D eigenvalue weighted by molar-refractivity contribution is -0.137. The Kier molecular flexibility index (Phi) is 11.3. The Balaban J connectivity index is 1.37. The van der Waals surface area contributed by atoms with E-state index in [-0.39, 0.29) is 46.8 Å². The summed E-state index contributed by atoms with van der Waals surface area (Å²) in [6, 6.07) is 11.3. The van der Waals surface area contributed by atoms with Gasteiger partial charge < -0.3 is 25.0 Å². The van der Waals surface area contributed by atoms with Crippen molar-refractivity contribution in [2.45, 2.75) is 107 Å². The van der Waals surface area contributed by atoms with Gasteiger partial charge in [-0.3, -0.25) is 9.35 Å². The summed E-state index contributed by atoms with van der Waals surface area (Å²) in [6.07, 6.45) is 4.74. The topological polar surface area (TPSA) is 145 Å². The zero-order valence-corrected chi connectivity index (χ0v) is 36.5. The number of unbranched alkanes of at least 4 members (excludes halogenated alkanes) is 4. The highest BCUT2D eigenvalue weighted by Crippen LogP contribution is 2.55. The molecule has 1 aliphatic carbocycles. The monoisotopic (exact) mass is 893 g/mol. The van der Waals surface area contributed by atoms with Gasteiger partial charge in [0, 0.05) is 79.5 Å². The molecule has 0 bridgehead atoms. The second kappa shape index (κ2) is 16.0. The van der Waals surface area contributed by atoms with Crippen LogP contribution in [-0.2, 0) is 25.9 Å². The summed E-state index contributed by atoms with van der Waals surface area (Å²) in [5, 5.41) is 32.8. The first-order valence-corrected chi connectivity index (χ1v) is 23.5. The maximum Gasteiger partial charge on any atom is 0.303 e. The van der Waals surface area contributed by atoms with Crippen LogP contribution in [-0.4, -0.2) is 47.6 Å². The molecule has 61 heavy (non-hydrogen) atoms. The van der Waals surface area contributed by atoms with Crippen LogP contribution in [0.3, 0.4) is 0 Å². The summed E-state index contributed by atoms with van der Waals surface area (Å²) in [7, 11) is -3.51. The van der Waals surface area contributed by atoms with Crippen molar-refractivity contribution in [3.8, 4) is 32.4 Å². The van der Waals surface area contributed by atoms with Crippen LogP contribution in [0.5, 0.6) is 11.5 Å². The van der Waals surface area contributed by atoms with E-state index in [1.165, 1.54) is 22.7 Å². The number of anilines is 1. The van der Waals surface area contributed by atoms with E-state index in [9.17, 15) is 28.0 Å². The molecule has 0 fully saturated rings. The Morgan fingerprint density at radius 1 is 0.820 bits per heavy atom. The number of nitrogens with zero attached hydrogens (tertiary/aromatic N) is 1. The van der Waals surface area contributed by atoms with Crippen LogP contribution in [0.25, 0.3) is 32.0 Å². The Morgan fingerprint density at radius 2 is 1.49 bits per heavy atom. The number of thiophene rings is 2. The molecule has 3 aliphatic rings. The Morgan fingerprint density at radius 3 is 2.18 bits per heavy atom.